The van der Waals surface area contributed by atoms with Gasteiger partial charge in [0.1, 0.15) is 59.6 Å². The second kappa shape index (κ2) is 14.6. The molecule has 21 heteroatoms. The van der Waals surface area contributed by atoms with E-state index in [1.54, 1.807) is 21.8 Å². The van der Waals surface area contributed by atoms with Crippen LogP contribution in [0.25, 0.3) is 22.3 Å². The van der Waals surface area contributed by atoms with Gasteiger partial charge in [-0.15, -0.1) is 0 Å². The van der Waals surface area contributed by atoms with E-state index in [1.165, 1.54) is 12.7 Å². The summed E-state index contributed by atoms with van der Waals surface area (Å²) in [4.78, 5) is 49.3. The highest BCUT2D eigenvalue weighted by Gasteiger charge is 2.59. The van der Waals surface area contributed by atoms with Crippen LogP contribution in [0.3, 0.4) is 0 Å². The number of aromatic nitrogens is 8. The molecule has 0 spiro atoms. The molecule has 0 aliphatic carbocycles. The summed E-state index contributed by atoms with van der Waals surface area (Å²) >= 11 is 5.68. The molecule has 5 N–H and O–H groups in total. The third kappa shape index (κ3) is 6.26. The fourth-order valence-corrected chi connectivity index (χ4v) is 9.11. The zero-order valence-corrected chi connectivity index (χ0v) is 30.9. The Morgan fingerprint density at radius 1 is 0.880 bits per heavy atom. The normalized spacial score (nSPS) is 31.0. The highest BCUT2D eigenvalue weighted by molar-refractivity contribution is 8.07. The zero-order valence-electron chi connectivity index (χ0n) is 28.1. The second-order valence-corrected chi connectivity index (χ2v) is 15.5. The number of nitrogens with two attached hydrogens (primary N) is 2. The van der Waals surface area contributed by atoms with Crippen molar-refractivity contribution in [3.63, 3.8) is 0 Å². The Kier molecular flexibility index (Phi) is 10.7. The lowest BCUT2D eigenvalue weighted by Gasteiger charge is -2.37. The van der Waals surface area contributed by atoms with Crippen molar-refractivity contribution in [3.05, 3.63) is 25.3 Å². The van der Waals surface area contributed by atoms with Crippen molar-refractivity contribution in [1.29, 1.82) is 0 Å². The highest BCUT2D eigenvalue weighted by atomic mass is 32.5. The van der Waals surface area contributed by atoms with Crippen LogP contribution in [0.5, 0.6) is 0 Å². The van der Waals surface area contributed by atoms with Crippen LogP contribution < -0.4 is 11.5 Å². The van der Waals surface area contributed by atoms with E-state index in [4.69, 9.17) is 51.1 Å². The number of anilines is 2. The average molecular weight is 753 g/mol. The number of fused-ring (bicyclic) bond motifs is 2. The minimum Gasteiger partial charge on any atom is -0.461 e. The number of carbonyl (C=O) groups excluding carboxylic acids is 1. The van der Waals surface area contributed by atoms with Crippen LogP contribution in [0.4, 0.5) is 11.6 Å². The molecule has 0 radical (unpaired) electrons. The number of ether oxygens (including phenoxy) is 3. The summed E-state index contributed by atoms with van der Waals surface area (Å²) in [5.74, 6) is -0.239. The predicted octanol–water partition coefficient (Wildman–Crippen LogP) is 3.21. The molecule has 2 fully saturated rings. The van der Waals surface area contributed by atoms with E-state index in [0.717, 1.165) is 0 Å². The lowest BCUT2D eigenvalue weighted by atomic mass is 9.86. The summed E-state index contributed by atoms with van der Waals surface area (Å²) in [5.41, 5.74) is 11.6. The van der Waals surface area contributed by atoms with Gasteiger partial charge >= 0.3 is 6.72 Å². The van der Waals surface area contributed by atoms with Gasteiger partial charge in [0.15, 0.2) is 22.9 Å². The van der Waals surface area contributed by atoms with E-state index in [2.05, 4.69) is 39.4 Å². The van der Waals surface area contributed by atoms with Gasteiger partial charge in [-0.3, -0.25) is 13.9 Å². The number of imidazole rings is 2. The molecule has 2 saturated heterocycles. The van der Waals surface area contributed by atoms with Crippen LogP contribution in [-0.2, 0) is 44.4 Å². The summed E-state index contributed by atoms with van der Waals surface area (Å²) in [6.07, 6.45) is 4.92. The van der Waals surface area contributed by atoms with Crippen molar-refractivity contribution in [1.82, 2.24) is 39.0 Å². The van der Waals surface area contributed by atoms with E-state index in [1.807, 2.05) is 27.7 Å². The Bertz CT molecular complexity index is 1890. The number of rotatable bonds is 15. The van der Waals surface area contributed by atoms with Gasteiger partial charge in [0, 0.05) is 21.3 Å². The number of nitrogens with zero attached hydrogens (tertiary/aromatic N) is 8. The molecule has 6 rings (SSSR count). The van der Waals surface area contributed by atoms with Gasteiger partial charge in [-0.25, -0.2) is 29.9 Å². The standard InChI is InChI=1S/C29H42N10O8P2S/c1-5-16-20(42-15-40)29(8-4,46-26(16)38-13-36-18-22(30)32-11-34-24(18)38)10-44-49(41,50)47-21-17(6-2)27(45-28(21,7-3)9-43-48)39-14-37-19-23(31)33-12-35-25(19)39/h11-17,20-21,26-27H,5-10,48H2,1-4H3,(H,41,50)(H2,30,32,34)(H2,31,33,35)/t16-,17-,20+,21+,26-,27-,28-,29-,49?/m1/s1. The van der Waals surface area contributed by atoms with E-state index in [9.17, 15) is 9.69 Å². The molecule has 4 aromatic rings. The summed E-state index contributed by atoms with van der Waals surface area (Å²) in [7, 11) is 2.24. The molecule has 50 heavy (non-hydrogen) atoms. The summed E-state index contributed by atoms with van der Waals surface area (Å²) in [5, 5.41) is 0. The molecule has 0 amide bonds. The maximum atomic E-state index is 11.9. The molecule has 10 atom stereocenters. The first-order valence-corrected chi connectivity index (χ1v) is 19.4. The lowest BCUT2D eigenvalue weighted by molar-refractivity contribution is -0.156. The number of hydrogen-bond acceptors (Lipinski definition) is 16. The van der Waals surface area contributed by atoms with Gasteiger partial charge in [0.25, 0.3) is 6.47 Å². The van der Waals surface area contributed by atoms with Crippen LogP contribution in [0.15, 0.2) is 25.3 Å². The number of hydrogen-bond donors (Lipinski definition) is 3. The summed E-state index contributed by atoms with van der Waals surface area (Å²) in [6, 6.07) is 0. The Hall–Kier alpha value is -2.99. The van der Waals surface area contributed by atoms with Gasteiger partial charge in [-0.05, 0) is 37.5 Å². The van der Waals surface area contributed by atoms with Crippen molar-refractivity contribution >= 4 is 68.4 Å². The van der Waals surface area contributed by atoms with Gasteiger partial charge in [0.05, 0.1) is 25.9 Å². The van der Waals surface area contributed by atoms with Crippen molar-refractivity contribution in [2.24, 2.45) is 11.8 Å². The first kappa shape index (κ1) is 36.8. The maximum Gasteiger partial charge on any atom is 0.325 e. The Morgan fingerprint density at radius 2 is 1.38 bits per heavy atom. The number of carbonyl (C=O) groups is 1. The van der Waals surface area contributed by atoms with Crippen LogP contribution in [0.1, 0.15) is 65.8 Å². The van der Waals surface area contributed by atoms with Crippen molar-refractivity contribution in [3.8, 4) is 0 Å². The Morgan fingerprint density at radius 3 is 1.84 bits per heavy atom. The molecule has 2 aliphatic heterocycles. The maximum absolute atomic E-state index is 11.9. The van der Waals surface area contributed by atoms with Gasteiger partial charge in [-0.1, -0.05) is 27.7 Å². The minimum atomic E-state index is -4.04. The van der Waals surface area contributed by atoms with Crippen LogP contribution in [-0.4, -0.2) is 87.0 Å². The molecule has 0 saturated carbocycles. The van der Waals surface area contributed by atoms with E-state index in [-0.39, 0.29) is 36.7 Å². The molecule has 18 nitrogen and oxygen atoms in total. The molecule has 4 aromatic heterocycles. The molecular formula is C29H42N10O8P2S. The molecule has 2 unspecified atom stereocenters. The van der Waals surface area contributed by atoms with E-state index < -0.39 is 42.6 Å². The SMILES string of the molecule is CC[C@H]1[C@H](n2cnc3c(N)ncnc32)O[C@](CC)(COP(O)(=S)O[C@H]2[C@@H](CC)[C@H](n3cnc4c(N)ncnc43)O[C@]2(CC)COP)[C@H]1OC=O. The lowest BCUT2D eigenvalue weighted by Crippen LogP contribution is -2.47. The first-order valence-electron chi connectivity index (χ1n) is 16.3. The monoisotopic (exact) mass is 752 g/mol. The van der Waals surface area contributed by atoms with E-state index in [0.29, 0.717) is 54.5 Å². The molecular weight excluding hydrogens is 710 g/mol. The first-order chi connectivity index (χ1) is 24.0. The molecule has 6 heterocycles. The second-order valence-electron chi connectivity index (χ2n) is 12.4. The molecule has 2 aliphatic rings. The molecule has 0 aromatic carbocycles. The van der Waals surface area contributed by atoms with Gasteiger partial charge in [0.2, 0.25) is 0 Å². The summed E-state index contributed by atoms with van der Waals surface area (Å²) in [6.45, 7) is 3.97. The van der Waals surface area contributed by atoms with Gasteiger partial charge < -0.3 is 44.1 Å². The Labute approximate surface area is 295 Å². The van der Waals surface area contributed by atoms with Crippen molar-refractivity contribution in [2.75, 3.05) is 24.7 Å². The largest absolute Gasteiger partial charge is 0.461 e. The van der Waals surface area contributed by atoms with Crippen LogP contribution >= 0.6 is 16.2 Å². The van der Waals surface area contributed by atoms with E-state index >= 15 is 0 Å². The topological polar surface area (TPSA) is 232 Å². The van der Waals surface area contributed by atoms with Gasteiger partial charge in [-0.2, -0.15) is 0 Å². The predicted molar refractivity (Wildman–Crippen MR) is 187 cm³/mol. The smallest absolute Gasteiger partial charge is 0.325 e. The van der Waals surface area contributed by atoms with Crippen LogP contribution in [0, 0.1) is 11.8 Å². The average Bonchev–Trinajstić information content (AvgIpc) is 3.87. The zero-order chi connectivity index (χ0) is 35.8. The van der Waals surface area contributed by atoms with Crippen molar-refractivity contribution < 1.29 is 37.5 Å². The quantitative estimate of drug-likeness (QED) is 0.117. The van der Waals surface area contributed by atoms with Crippen molar-refractivity contribution in [2.45, 2.75) is 89.2 Å². The Balaban J connectivity index is 1.29. The minimum absolute atomic E-state index is 0.106. The van der Waals surface area contributed by atoms with Crippen LogP contribution in [0.2, 0.25) is 0 Å². The third-order valence-corrected chi connectivity index (χ3v) is 11.7. The fourth-order valence-electron chi connectivity index (χ4n) is 7.31. The highest BCUT2D eigenvalue weighted by Crippen LogP contribution is 2.57. The molecule has 272 valence electrons. The molecule has 0 bridgehead atoms. The summed E-state index contributed by atoms with van der Waals surface area (Å²) < 4.78 is 40.8. The number of nitrogen functional groups attached to an aromatic ring is 2. The fraction of sp³-hybridized carbons (Fsp3) is 0.621. The third-order valence-electron chi connectivity index (χ3n) is 9.97.